The van der Waals surface area contributed by atoms with E-state index in [4.69, 9.17) is 4.74 Å². The van der Waals surface area contributed by atoms with Crippen LogP contribution in [0.3, 0.4) is 0 Å². The fourth-order valence-corrected chi connectivity index (χ4v) is 3.39. The van der Waals surface area contributed by atoms with Crippen LogP contribution in [0.1, 0.15) is 50.7 Å². The predicted octanol–water partition coefficient (Wildman–Crippen LogP) is 4.73. The zero-order valence-electron chi connectivity index (χ0n) is 13.4. The molecule has 0 saturated carbocycles. The maximum atomic E-state index is 5.79. The number of ether oxygens (including phenoxy) is 1. The highest BCUT2D eigenvalue weighted by Crippen LogP contribution is 2.33. The van der Waals surface area contributed by atoms with Gasteiger partial charge in [0.1, 0.15) is 5.75 Å². The normalized spacial score (nSPS) is 13.5. The van der Waals surface area contributed by atoms with E-state index in [1.165, 1.54) is 41.3 Å². The van der Waals surface area contributed by atoms with E-state index >= 15 is 0 Å². The Kier molecular flexibility index (Phi) is 7.05. The average molecular weight is 354 g/mol. The number of rotatable bonds is 9. The van der Waals surface area contributed by atoms with E-state index in [0.29, 0.717) is 0 Å². The van der Waals surface area contributed by atoms with Crippen molar-refractivity contribution in [3.05, 3.63) is 27.7 Å². The minimum absolute atomic E-state index is 0.753. The van der Waals surface area contributed by atoms with Gasteiger partial charge in [0.15, 0.2) is 0 Å². The lowest BCUT2D eigenvalue weighted by Crippen LogP contribution is -2.20. The lowest BCUT2D eigenvalue weighted by atomic mass is 10.0. The van der Waals surface area contributed by atoms with E-state index in [-0.39, 0.29) is 0 Å². The molecular formula is C18H28BrNO. The Hall–Kier alpha value is -0.540. The number of aryl methyl sites for hydroxylation is 1. The fraction of sp³-hybridized carbons (Fsp3) is 0.667. The van der Waals surface area contributed by atoms with Crippen LogP contribution in [-0.2, 0) is 12.8 Å². The van der Waals surface area contributed by atoms with Crippen LogP contribution in [0.25, 0.3) is 0 Å². The second-order valence-corrected chi connectivity index (χ2v) is 7.33. The number of nitrogens with one attached hydrogen (secondary N) is 1. The van der Waals surface area contributed by atoms with Crippen molar-refractivity contribution in [2.75, 3.05) is 19.7 Å². The Morgan fingerprint density at radius 2 is 2.00 bits per heavy atom. The van der Waals surface area contributed by atoms with Crippen LogP contribution in [0.15, 0.2) is 16.6 Å². The third-order valence-corrected chi connectivity index (χ3v) is 4.39. The molecule has 2 nitrogen and oxygen atoms in total. The van der Waals surface area contributed by atoms with E-state index in [0.717, 1.165) is 44.2 Å². The van der Waals surface area contributed by atoms with Gasteiger partial charge in [-0.3, -0.25) is 0 Å². The van der Waals surface area contributed by atoms with Crippen molar-refractivity contribution in [1.29, 1.82) is 0 Å². The smallest absolute Gasteiger partial charge is 0.125 e. The lowest BCUT2D eigenvalue weighted by molar-refractivity contribution is 0.353. The molecular weight excluding hydrogens is 326 g/mol. The standard InChI is InChI=1S/C18H28BrNO/c1-14(2)13-20-9-6-4-3-5-7-15-11-17(19)12-16-8-10-21-18(15)16/h11-12,14,20H,3-10,13H2,1-2H3. The van der Waals surface area contributed by atoms with Crippen molar-refractivity contribution in [2.24, 2.45) is 5.92 Å². The van der Waals surface area contributed by atoms with Gasteiger partial charge < -0.3 is 10.1 Å². The summed E-state index contributed by atoms with van der Waals surface area (Å²) in [4.78, 5) is 0. The molecule has 2 rings (SSSR count). The summed E-state index contributed by atoms with van der Waals surface area (Å²) < 4.78 is 6.98. The van der Waals surface area contributed by atoms with Crippen molar-refractivity contribution in [2.45, 2.75) is 52.4 Å². The van der Waals surface area contributed by atoms with Gasteiger partial charge in [-0.25, -0.2) is 0 Å². The molecule has 1 aromatic rings. The Morgan fingerprint density at radius 1 is 1.19 bits per heavy atom. The fourth-order valence-electron chi connectivity index (χ4n) is 2.84. The molecule has 0 bridgehead atoms. The highest BCUT2D eigenvalue weighted by atomic mass is 79.9. The van der Waals surface area contributed by atoms with Gasteiger partial charge >= 0.3 is 0 Å². The minimum Gasteiger partial charge on any atom is -0.493 e. The molecule has 0 aliphatic carbocycles. The summed E-state index contributed by atoms with van der Waals surface area (Å²) in [7, 11) is 0. The highest BCUT2D eigenvalue weighted by molar-refractivity contribution is 9.10. The monoisotopic (exact) mass is 353 g/mol. The van der Waals surface area contributed by atoms with Crippen LogP contribution in [0.2, 0.25) is 0 Å². The third kappa shape index (κ3) is 5.63. The van der Waals surface area contributed by atoms with Crippen LogP contribution < -0.4 is 10.1 Å². The van der Waals surface area contributed by atoms with Crippen molar-refractivity contribution < 1.29 is 4.74 Å². The summed E-state index contributed by atoms with van der Waals surface area (Å²) in [5.74, 6) is 1.92. The van der Waals surface area contributed by atoms with Gasteiger partial charge in [0.25, 0.3) is 0 Å². The summed E-state index contributed by atoms with van der Waals surface area (Å²) in [6.45, 7) is 7.66. The molecule has 0 radical (unpaired) electrons. The van der Waals surface area contributed by atoms with Gasteiger partial charge in [-0.1, -0.05) is 42.6 Å². The molecule has 21 heavy (non-hydrogen) atoms. The summed E-state index contributed by atoms with van der Waals surface area (Å²) in [5, 5.41) is 3.51. The second-order valence-electron chi connectivity index (χ2n) is 6.41. The first-order valence-corrected chi connectivity index (χ1v) is 9.11. The van der Waals surface area contributed by atoms with E-state index in [1.807, 2.05) is 0 Å². The Bertz CT molecular complexity index is 445. The van der Waals surface area contributed by atoms with Gasteiger partial charge in [-0.15, -0.1) is 0 Å². The number of hydrogen-bond donors (Lipinski definition) is 1. The average Bonchev–Trinajstić information content (AvgIpc) is 2.89. The van der Waals surface area contributed by atoms with Crippen LogP contribution >= 0.6 is 15.9 Å². The molecule has 1 heterocycles. The largest absolute Gasteiger partial charge is 0.493 e. The summed E-state index contributed by atoms with van der Waals surface area (Å²) >= 11 is 3.61. The van der Waals surface area contributed by atoms with Gasteiger partial charge in [-0.05, 0) is 61.5 Å². The molecule has 3 heteroatoms. The van der Waals surface area contributed by atoms with Crippen molar-refractivity contribution in [3.8, 4) is 5.75 Å². The number of halogens is 1. The molecule has 0 fully saturated rings. The van der Waals surface area contributed by atoms with Gasteiger partial charge in [0.2, 0.25) is 0 Å². The Balaban J connectivity index is 1.63. The van der Waals surface area contributed by atoms with Crippen molar-refractivity contribution in [1.82, 2.24) is 5.32 Å². The van der Waals surface area contributed by atoms with Crippen LogP contribution in [0.5, 0.6) is 5.75 Å². The van der Waals surface area contributed by atoms with Gasteiger partial charge in [0, 0.05) is 10.9 Å². The second kappa shape index (κ2) is 8.79. The molecule has 1 aliphatic rings. The van der Waals surface area contributed by atoms with Crippen LogP contribution in [0, 0.1) is 5.92 Å². The number of hydrogen-bond acceptors (Lipinski definition) is 2. The Labute approximate surface area is 137 Å². The lowest BCUT2D eigenvalue weighted by Gasteiger charge is -2.09. The maximum absolute atomic E-state index is 5.79. The van der Waals surface area contributed by atoms with E-state index in [9.17, 15) is 0 Å². The van der Waals surface area contributed by atoms with E-state index < -0.39 is 0 Å². The molecule has 0 unspecified atom stereocenters. The van der Waals surface area contributed by atoms with Gasteiger partial charge in [-0.2, -0.15) is 0 Å². The molecule has 1 N–H and O–H groups in total. The van der Waals surface area contributed by atoms with Crippen molar-refractivity contribution in [3.63, 3.8) is 0 Å². The summed E-state index contributed by atoms with van der Waals surface area (Å²) in [6, 6.07) is 4.43. The molecule has 1 aromatic carbocycles. The number of fused-ring (bicyclic) bond motifs is 1. The Morgan fingerprint density at radius 3 is 2.81 bits per heavy atom. The number of unbranched alkanes of at least 4 members (excludes halogenated alkanes) is 3. The quantitative estimate of drug-likeness (QED) is 0.647. The van der Waals surface area contributed by atoms with Crippen LogP contribution in [0.4, 0.5) is 0 Å². The molecule has 0 atom stereocenters. The summed E-state index contributed by atoms with van der Waals surface area (Å²) in [6.07, 6.45) is 7.38. The zero-order valence-corrected chi connectivity index (χ0v) is 15.0. The first kappa shape index (κ1) is 16.8. The first-order valence-electron chi connectivity index (χ1n) is 8.31. The third-order valence-electron chi connectivity index (χ3n) is 3.93. The zero-order chi connectivity index (χ0) is 15.1. The first-order chi connectivity index (χ1) is 10.2. The summed E-state index contributed by atoms with van der Waals surface area (Å²) in [5.41, 5.74) is 2.76. The SMILES string of the molecule is CC(C)CNCCCCCCc1cc(Br)cc2c1OCC2. The molecule has 0 amide bonds. The minimum atomic E-state index is 0.753. The van der Waals surface area contributed by atoms with E-state index in [2.05, 4.69) is 47.2 Å². The number of benzene rings is 1. The van der Waals surface area contributed by atoms with Crippen LogP contribution in [-0.4, -0.2) is 19.7 Å². The van der Waals surface area contributed by atoms with Crippen molar-refractivity contribution >= 4 is 15.9 Å². The molecule has 0 saturated heterocycles. The van der Waals surface area contributed by atoms with E-state index in [1.54, 1.807) is 0 Å². The molecule has 118 valence electrons. The molecule has 0 aromatic heterocycles. The highest BCUT2D eigenvalue weighted by Gasteiger charge is 2.16. The molecule has 0 spiro atoms. The predicted molar refractivity (Wildman–Crippen MR) is 93.2 cm³/mol. The maximum Gasteiger partial charge on any atom is 0.125 e. The molecule has 1 aliphatic heterocycles. The van der Waals surface area contributed by atoms with Gasteiger partial charge in [0.05, 0.1) is 6.61 Å². The topological polar surface area (TPSA) is 21.3 Å².